The molecule has 0 spiro atoms. The number of fused-ring (bicyclic) bond motifs is 1. The minimum absolute atomic E-state index is 0.0972. The average molecular weight is 547 g/mol. The van der Waals surface area contributed by atoms with Crippen LogP contribution in [0.3, 0.4) is 0 Å². The maximum atomic E-state index is 13.9. The Labute approximate surface area is 232 Å². The number of rotatable bonds is 10. The highest BCUT2D eigenvalue weighted by molar-refractivity contribution is 6.38. The first-order valence-corrected chi connectivity index (χ1v) is 13.5. The smallest absolute Gasteiger partial charge is 0.408 e. The van der Waals surface area contributed by atoms with Crippen molar-refractivity contribution >= 4 is 29.6 Å². The molecule has 0 bridgehead atoms. The number of ether oxygens (including phenoxy) is 1. The highest BCUT2D eigenvalue weighted by Crippen LogP contribution is 2.65. The summed E-state index contributed by atoms with van der Waals surface area (Å²) in [7, 11) is 0. The molecule has 4 amide bonds. The number of carbonyl (C=O) groups is 5. The lowest BCUT2D eigenvalue weighted by Crippen LogP contribution is -2.60. The summed E-state index contributed by atoms with van der Waals surface area (Å²) in [6.07, 6.45) is 4.30. The van der Waals surface area contributed by atoms with E-state index < -0.39 is 58.7 Å². The quantitative estimate of drug-likeness (QED) is 0.285. The zero-order chi connectivity index (χ0) is 29.9. The summed E-state index contributed by atoms with van der Waals surface area (Å²) < 4.78 is 5.39. The standard InChI is InChI=1S/C29H46N4O6/c1-11-13-14-18(21(34)24(36)30-15-12-2)31-23(35)20-19-17(29(19,9)10)16-33(20)25(37)22(27(3,4)5)32-26(38)39-28(6,7)8/h11-13,17-20,22H,2,14-16H2,1,3-10H3,(H,30,36)(H,31,35)(H,32,38)/t17-,18?,19-,20-,22+/m0/s1. The summed E-state index contributed by atoms with van der Waals surface area (Å²) in [6.45, 7) is 20.6. The van der Waals surface area contributed by atoms with Gasteiger partial charge in [0.05, 0.1) is 0 Å². The van der Waals surface area contributed by atoms with Crippen LogP contribution in [0.2, 0.25) is 0 Å². The van der Waals surface area contributed by atoms with Crippen LogP contribution < -0.4 is 16.0 Å². The van der Waals surface area contributed by atoms with Crippen LogP contribution in [-0.2, 0) is 23.9 Å². The van der Waals surface area contributed by atoms with E-state index in [9.17, 15) is 24.0 Å². The molecule has 0 radical (unpaired) electrons. The second-order valence-electron chi connectivity index (χ2n) is 13.1. The first-order chi connectivity index (χ1) is 17.9. The molecule has 1 heterocycles. The second-order valence-corrected chi connectivity index (χ2v) is 13.1. The number of carbonyl (C=O) groups excluding carboxylic acids is 5. The maximum Gasteiger partial charge on any atom is 0.408 e. The number of likely N-dealkylation sites (tertiary alicyclic amines) is 1. The molecule has 3 N–H and O–H groups in total. The van der Waals surface area contributed by atoms with Crippen molar-refractivity contribution in [3.63, 3.8) is 0 Å². The molecule has 0 aromatic carbocycles. The van der Waals surface area contributed by atoms with Crippen LogP contribution in [0.25, 0.3) is 0 Å². The highest BCUT2D eigenvalue weighted by Gasteiger charge is 2.69. The summed E-state index contributed by atoms with van der Waals surface area (Å²) in [6, 6.07) is -2.89. The van der Waals surface area contributed by atoms with E-state index in [4.69, 9.17) is 4.74 Å². The number of nitrogens with zero attached hydrogens (tertiary/aromatic N) is 1. The van der Waals surface area contributed by atoms with Crippen molar-refractivity contribution in [1.29, 1.82) is 0 Å². The Kier molecular flexibility index (Phi) is 9.79. The first kappa shape index (κ1) is 32.0. The monoisotopic (exact) mass is 546 g/mol. The summed E-state index contributed by atoms with van der Waals surface area (Å²) in [5.74, 6) is -2.49. The normalized spacial score (nSPS) is 23.3. The fourth-order valence-electron chi connectivity index (χ4n) is 5.22. The van der Waals surface area contributed by atoms with Gasteiger partial charge < -0.3 is 25.6 Å². The molecule has 1 saturated carbocycles. The van der Waals surface area contributed by atoms with E-state index in [1.54, 1.807) is 39.8 Å². The van der Waals surface area contributed by atoms with Crippen molar-refractivity contribution in [3.8, 4) is 0 Å². The van der Waals surface area contributed by atoms with Crippen molar-refractivity contribution in [2.75, 3.05) is 13.1 Å². The number of piperidine rings is 1. The van der Waals surface area contributed by atoms with Crippen LogP contribution >= 0.6 is 0 Å². The van der Waals surface area contributed by atoms with Crippen LogP contribution in [0.5, 0.6) is 0 Å². The minimum atomic E-state index is -1.09. The SMILES string of the molecule is C=CCNC(=O)C(=O)C(CC=CC)NC(=O)[C@@H]1[C@@H]2[C@H](CN1C(=O)[C@@H](NC(=O)OC(C)(C)C)C(C)(C)C)C2(C)C. The van der Waals surface area contributed by atoms with Crippen molar-refractivity contribution < 1.29 is 28.7 Å². The van der Waals surface area contributed by atoms with Crippen molar-refractivity contribution in [2.45, 2.75) is 92.5 Å². The lowest BCUT2D eigenvalue weighted by atomic mass is 9.85. The highest BCUT2D eigenvalue weighted by atomic mass is 16.6. The predicted octanol–water partition coefficient (Wildman–Crippen LogP) is 2.73. The Hall–Kier alpha value is -3.17. The summed E-state index contributed by atoms with van der Waals surface area (Å²) in [5, 5.41) is 7.92. The number of hydrogen-bond donors (Lipinski definition) is 3. The Bertz CT molecular complexity index is 1020. The average Bonchev–Trinajstić information content (AvgIpc) is 3.14. The largest absolute Gasteiger partial charge is 0.444 e. The van der Waals surface area contributed by atoms with Gasteiger partial charge in [0.15, 0.2) is 0 Å². The Balaban J connectivity index is 2.33. The zero-order valence-electron chi connectivity index (χ0n) is 24.8. The lowest BCUT2D eigenvalue weighted by Gasteiger charge is -2.38. The van der Waals surface area contributed by atoms with Crippen LogP contribution in [0.15, 0.2) is 24.8 Å². The number of Topliss-reactive ketones (excluding diaryl/α,β-unsaturated/α-hetero) is 1. The molecule has 10 nitrogen and oxygen atoms in total. The number of allylic oxidation sites excluding steroid dienone is 1. The molecule has 2 rings (SSSR count). The van der Waals surface area contributed by atoms with E-state index in [1.807, 2.05) is 20.8 Å². The van der Waals surface area contributed by atoms with Crippen LogP contribution in [-0.4, -0.2) is 71.3 Å². The van der Waals surface area contributed by atoms with Gasteiger partial charge in [-0.05, 0) is 56.8 Å². The van der Waals surface area contributed by atoms with Gasteiger partial charge in [-0.2, -0.15) is 0 Å². The van der Waals surface area contributed by atoms with Gasteiger partial charge in [0.25, 0.3) is 5.91 Å². The van der Waals surface area contributed by atoms with Gasteiger partial charge in [0, 0.05) is 13.1 Å². The Morgan fingerprint density at radius 3 is 2.21 bits per heavy atom. The van der Waals surface area contributed by atoms with Crippen LogP contribution in [0.1, 0.15) is 68.7 Å². The Morgan fingerprint density at radius 2 is 1.69 bits per heavy atom. The van der Waals surface area contributed by atoms with Gasteiger partial charge in [0.2, 0.25) is 17.6 Å². The van der Waals surface area contributed by atoms with Crippen LogP contribution in [0, 0.1) is 22.7 Å². The molecule has 0 aromatic heterocycles. The third-order valence-electron chi connectivity index (χ3n) is 7.41. The molecule has 2 fully saturated rings. The third kappa shape index (κ3) is 7.70. The first-order valence-electron chi connectivity index (χ1n) is 13.5. The Morgan fingerprint density at radius 1 is 1.08 bits per heavy atom. The topological polar surface area (TPSA) is 134 Å². The molecule has 5 atom stereocenters. The molecule has 1 aliphatic heterocycles. The summed E-state index contributed by atoms with van der Waals surface area (Å²) >= 11 is 0. The van der Waals surface area contributed by atoms with Gasteiger partial charge in [0.1, 0.15) is 23.7 Å². The zero-order valence-corrected chi connectivity index (χ0v) is 24.8. The van der Waals surface area contributed by atoms with Crippen molar-refractivity contribution in [1.82, 2.24) is 20.9 Å². The molecule has 218 valence electrons. The second kappa shape index (κ2) is 11.9. The maximum absolute atomic E-state index is 13.9. The number of ketones is 1. The van der Waals surface area contributed by atoms with Gasteiger partial charge in [-0.1, -0.05) is 52.8 Å². The van der Waals surface area contributed by atoms with E-state index >= 15 is 0 Å². The fourth-order valence-corrected chi connectivity index (χ4v) is 5.22. The lowest BCUT2D eigenvalue weighted by molar-refractivity contribution is -0.145. The molecule has 1 unspecified atom stereocenters. The van der Waals surface area contributed by atoms with E-state index in [0.29, 0.717) is 6.54 Å². The van der Waals surface area contributed by atoms with Gasteiger partial charge in [-0.15, -0.1) is 6.58 Å². The molecule has 2 aliphatic rings. The van der Waals surface area contributed by atoms with Gasteiger partial charge >= 0.3 is 6.09 Å². The summed E-state index contributed by atoms with van der Waals surface area (Å²) in [5.41, 5.74) is -1.59. The van der Waals surface area contributed by atoms with E-state index in [1.165, 1.54) is 11.0 Å². The number of hydrogen-bond acceptors (Lipinski definition) is 6. The van der Waals surface area contributed by atoms with Gasteiger partial charge in [-0.25, -0.2) is 4.79 Å². The summed E-state index contributed by atoms with van der Waals surface area (Å²) in [4.78, 5) is 67.0. The molecule has 39 heavy (non-hydrogen) atoms. The van der Waals surface area contributed by atoms with Crippen molar-refractivity contribution in [2.24, 2.45) is 22.7 Å². The molecule has 1 saturated heterocycles. The molecule has 0 aromatic rings. The third-order valence-corrected chi connectivity index (χ3v) is 7.41. The van der Waals surface area contributed by atoms with E-state index in [-0.39, 0.29) is 30.2 Å². The molecule has 10 heteroatoms. The number of nitrogens with one attached hydrogen (secondary N) is 3. The molecule has 1 aliphatic carbocycles. The minimum Gasteiger partial charge on any atom is -0.444 e. The fraction of sp³-hybridized carbons (Fsp3) is 0.690. The van der Waals surface area contributed by atoms with Crippen molar-refractivity contribution in [3.05, 3.63) is 24.8 Å². The van der Waals surface area contributed by atoms with E-state index in [0.717, 1.165) is 0 Å². The van der Waals surface area contributed by atoms with Gasteiger partial charge in [-0.3, -0.25) is 19.2 Å². The molecular weight excluding hydrogens is 500 g/mol. The number of amides is 4. The number of alkyl carbamates (subject to hydrolysis) is 1. The predicted molar refractivity (Wildman–Crippen MR) is 148 cm³/mol. The van der Waals surface area contributed by atoms with Crippen LogP contribution in [0.4, 0.5) is 4.79 Å². The molecular formula is C29H46N4O6. The van der Waals surface area contributed by atoms with E-state index in [2.05, 4.69) is 36.4 Å².